The van der Waals surface area contributed by atoms with E-state index in [1.54, 1.807) is 12.1 Å². The Morgan fingerprint density at radius 3 is 2.62 bits per heavy atom. The van der Waals surface area contributed by atoms with E-state index in [0.29, 0.717) is 16.1 Å². The molecule has 9 heteroatoms. The predicted molar refractivity (Wildman–Crippen MR) is 103 cm³/mol. The molecule has 29 heavy (non-hydrogen) atoms. The third-order valence-electron chi connectivity index (χ3n) is 4.11. The third-order valence-corrected chi connectivity index (χ3v) is 4.44. The SMILES string of the molecule is C=Cc1ccc(-c2c(F)cccc2NC(=O)c2cn(C)nc2C(F)(F)F)cc1Cl. The van der Waals surface area contributed by atoms with Crippen LogP contribution in [-0.4, -0.2) is 15.7 Å². The molecule has 0 unspecified atom stereocenters. The lowest BCUT2D eigenvalue weighted by atomic mass is 10.0. The highest BCUT2D eigenvalue weighted by atomic mass is 35.5. The second-order valence-corrected chi connectivity index (χ2v) is 6.53. The van der Waals surface area contributed by atoms with Crippen molar-refractivity contribution in [3.05, 3.63) is 76.8 Å². The average Bonchev–Trinajstić information content (AvgIpc) is 3.04. The van der Waals surface area contributed by atoms with Crippen molar-refractivity contribution in [2.75, 3.05) is 5.32 Å². The van der Waals surface area contributed by atoms with Crippen LogP contribution in [0.5, 0.6) is 0 Å². The van der Waals surface area contributed by atoms with Gasteiger partial charge in [0.2, 0.25) is 0 Å². The van der Waals surface area contributed by atoms with E-state index in [0.717, 1.165) is 10.9 Å². The van der Waals surface area contributed by atoms with E-state index in [2.05, 4.69) is 17.0 Å². The molecule has 0 radical (unpaired) electrons. The number of nitrogens with zero attached hydrogens (tertiary/aromatic N) is 2. The van der Waals surface area contributed by atoms with Crippen LogP contribution in [0.2, 0.25) is 5.02 Å². The van der Waals surface area contributed by atoms with Crippen LogP contribution in [-0.2, 0) is 13.2 Å². The number of nitrogens with one attached hydrogen (secondary N) is 1. The van der Waals surface area contributed by atoms with E-state index >= 15 is 0 Å². The van der Waals surface area contributed by atoms with Crippen molar-refractivity contribution in [2.24, 2.45) is 7.05 Å². The molecule has 0 saturated carbocycles. The lowest BCUT2D eigenvalue weighted by Crippen LogP contribution is -2.18. The maximum atomic E-state index is 14.6. The zero-order valence-electron chi connectivity index (χ0n) is 15.0. The van der Waals surface area contributed by atoms with Gasteiger partial charge in [0.1, 0.15) is 5.82 Å². The van der Waals surface area contributed by atoms with Crippen LogP contribution in [0.25, 0.3) is 17.2 Å². The molecule has 3 aromatic rings. The first-order valence-electron chi connectivity index (χ1n) is 8.25. The maximum absolute atomic E-state index is 14.6. The monoisotopic (exact) mass is 423 g/mol. The second-order valence-electron chi connectivity index (χ2n) is 6.12. The van der Waals surface area contributed by atoms with Gasteiger partial charge in [0.05, 0.1) is 11.3 Å². The molecule has 2 aromatic carbocycles. The molecular weight excluding hydrogens is 410 g/mol. The van der Waals surface area contributed by atoms with Gasteiger partial charge in [0, 0.05) is 23.8 Å². The molecule has 0 aliphatic rings. The summed E-state index contributed by atoms with van der Waals surface area (Å²) in [4.78, 5) is 12.5. The van der Waals surface area contributed by atoms with Gasteiger partial charge in [0.25, 0.3) is 5.91 Å². The fraction of sp³-hybridized carbons (Fsp3) is 0.100. The van der Waals surface area contributed by atoms with Gasteiger partial charge in [-0.25, -0.2) is 4.39 Å². The molecule has 0 aliphatic carbocycles. The Kier molecular flexibility index (Phi) is 5.48. The smallest absolute Gasteiger partial charge is 0.321 e. The van der Waals surface area contributed by atoms with Crippen LogP contribution in [0.1, 0.15) is 21.6 Å². The number of aryl methyl sites for hydroxylation is 1. The maximum Gasteiger partial charge on any atom is 0.435 e. The van der Waals surface area contributed by atoms with Gasteiger partial charge < -0.3 is 5.32 Å². The van der Waals surface area contributed by atoms with Crippen molar-refractivity contribution in [1.29, 1.82) is 0 Å². The zero-order chi connectivity index (χ0) is 21.3. The number of aromatic nitrogens is 2. The number of rotatable bonds is 4. The molecule has 0 spiro atoms. The van der Waals surface area contributed by atoms with Crippen LogP contribution in [0, 0.1) is 5.82 Å². The van der Waals surface area contributed by atoms with Crippen molar-refractivity contribution in [2.45, 2.75) is 6.18 Å². The number of hydrogen-bond donors (Lipinski definition) is 1. The van der Waals surface area contributed by atoms with Gasteiger partial charge in [-0.3, -0.25) is 9.48 Å². The number of alkyl halides is 3. The lowest BCUT2D eigenvalue weighted by Gasteiger charge is -2.13. The molecule has 0 aliphatic heterocycles. The van der Waals surface area contributed by atoms with Crippen molar-refractivity contribution in [1.82, 2.24) is 9.78 Å². The molecule has 0 fully saturated rings. The highest BCUT2D eigenvalue weighted by Gasteiger charge is 2.39. The van der Waals surface area contributed by atoms with Crippen LogP contribution in [0.15, 0.2) is 49.2 Å². The van der Waals surface area contributed by atoms with Crippen molar-refractivity contribution in [3.63, 3.8) is 0 Å². The number of carbonyl (C=O) groups excluding carboxylic acids is 1. The number of amides is 1. The van der Waals surface area contributed by atoms with Gasteiger partial charge in [-0.05, 0) is 29.3 Å². The van der Waals surface area contributed by atoms with Crippen LogP contribution >= 0.6 is 11.6 Å². The fourth-order valence-corrected chi connectivity index (χ4v) is 3.08. The quantitative estimate of drug-likeness (QED) is 0.539. The van der Waals surface area contributed by atoms with Gasteiger partial charge in [0.15, 0.2) is 5.69 Å². The van der Waals surface area contributed by atoms with E-state index in [4.69, 9.17) is 11.6 Å². The standard InChI is InChI=1S/C20H14ClF4N3O/c1-3-11-7-8-12(9-14(11)21)17-15(22)5-4-6-16(17)26-19(29)13-10-28(2)27-18(13)20(23,24)25/h3-10H,1H2,2H3,(H,26,29). The van der Waals surface area contributed by atoms with Crippen LogP contribution in [0.3, 0.4) is 0 Å². The van der Waals surface area contributed by atoms with Gasteiger partial charge >= 0.3 is 6.18 Å². The van der Waals surface area contributed by atoms with Crippen molar-refractivity contribution >= 4 is 29.3 Å². The molecule has 150 valence electrons. The largest absolute Gasteiger partial charge is 0.435 e. The number of halogens is 5. The molecule has 1 heterocycles. The Bertz CT molecular complexity index is 1110. The number of hydrogen-bond acceptors (Lipinski definition) is 2. The minimum Gasteiger partial charge on any atom is -0.321 e. The number of anilines is 1. The Balaban J connectivity index is 2.04. The Hall–Kier alpha value is -3.13. The van der Waals surface area contributed by atoms with Gasteiger partial charge in [-0.2, -0.15) is 18.3 Å². The molecular formula is C20H14ClF4N3O. The molecule has 0 saturated heterocycles. The number of benzene rings is 2. The lowest BCUT2D eigenvalue weighted by molar-refractivity contribution is -0.141. The fourth-order valence-electron chi connectivity index (χ4n) is 2.82. The first kappa shape index (κ1) is 20.6. The second kappa shape index (κ2) is 7.71. The zero-order valence-corrected chi connectivity index (χ0v) is 15.8. The molecule has 0 atom stereocenters. The van der Waals surface area contributed by atoms with E-state index in [9.17, 15) is 22.4 Å². The summed E-state index contributed by atoms with van der Waals surface area (Å²) in [6, 6.07) is 8.56. The summed E-state index contributed by atoms with van der Waals surface area (Å²) in [5.74, 6) is -1.74. The highest BCUT2D eigenvalue weighted by molar-refractivity contribution is 6.32. The first-order chi connectivity index (χ1) is 13.6. The average molecular weight is 424 g/mol. The topological polar surface area (TPSA) is 46.9 Å². The van der Waals surface area contributed by atoms with Gasteiger partial charge in [-0.1, -0.05) is 42.5 Å². The molecule has 1 N–H and O–H groups in total. The molecule has 3 rings (SSSR count). The Morgan fingerprint density at radius 1 is 1.28 bits per heavy atom. The minimum absolute atomic E-state index is 0.00388. The summed E-state index contributed by atoms with van der Waals surface area (Å²) in [5.41, 5.74) is -1.03. The molecule has 4 nitrogen and oxygen atoms in total. The van der Waals surface area contributed by atoms with E-state index in [1.165, 1.54) is 37.4 Å². The predicted octanol–water partition coefficient (Wildman–Crippen LogP) is 5.79. The number of carbonyl (C=O) groups is 1. The molecule has 0 bridgehead atoms. The van der Waals surface area contributed by atoms with Gasteiger partial charge in [-0.15, -0.1) is 0 Å². The molecule has 1 aromatic heterocycles. The summed E-state index contributed by atoms with van der Waals surface area (Å²) < 4.78 is 54.9. The summed E-state index contributed by atoms with van der Waals surface area (Å²) >= 11 is 6.14. The van der Waals surface area contributed by atoms with Crippen molar-refractivity contribution < 1.29 is 22.4 Å². The van der Waals surface area contributed by atoms with Crippen LogP contribution < -0.4 is 5.32 Å². The Morgan fingerprint density at radius 2 is 2.00 bits per heavy atom. The summed E-state index contributed by atoms with van der Waals surface area (Å²) in [5, 5.41) is 5.96. The summed E-state index contributed by atoms with van der Waals surface area (Å²) in [6.07, 6.45) is -2.34. The van der Waals surface area contributed by atoms with E-state index < -0.39 is 29.2 Å². The highest BCUT2D eigenvalue weighted by Crippen LogP contribution is 2.35. The van der Waals surface area contributed by atoms with E-state index in [1.807, 2.05) is 0 Å². The van der Waals surface area contributed by atoms with Crippen LogP contribution in [0.4, 0.5) is 23.2 Å². The normalized spacial score (nSPS) is 11.4. The summed E-state index contributed by atoms with van der Waals surface area (Å²) in [7, 11) is 1.27. The van der Waals surface area contributed by atoms with Crippen molar-refractivity contribution in [3.8, 4) is 11.1 Å². The summed E-state index contributed by atoms with van der Waals surface area (Å²) in [6.45, 7) is 3.62. The third kappa shape index (κ3) is 4.17. The van der Waals surface area contributed by atoms with E-state index in [-0.39, 0.29) is 11.3 Å². The minimum atomic E-state index is -4.81. The first-order valence-corrected chi connectivity index (χ1v) is 8.62. The Labute approximate surface area is 168 Å². The molecule has 1 amide bonds.